The smallest absolute Gasteiger partial charge is 0.272 e. The number of carbonyl (C=O) groups excluding carboxylic acids is 1. The van der Waals surface area contributed by atoms with Crippen LogP contribution in [0.4, 0.5) is 11.4 Å². The molecule has 0 bridgehead atoms. The van der Waals surface area contributed by atoms with Crippen molar-refractivity contribution in [3.8, 4) is 0 Å². The normalized spacial score (nSPS) is 14.9. The molecule has 0 aliphatic carbocycles. The molecule has 0 saturated carbocycles. The predicted molar refractivity (Wildman–Crippen MR) is 90.5 cm³/mol. The van der Waals surface area contributed by atoms with E-state index in [4.69, 9.17) is 4.74 Å². The molecular weight excluding hydrogens is 346 g/mol. The molecule has 22 heavy (non-hydrogen) atoms. The van der Waals surface area contributed by atoms with Crippen LogP contribution in [0.1, 0.15) is 10.5 Å². The van der Waals surface area contributed by atoms with E-state index in [1.54, 1.807) is 10.6 Å². The topological polar surface area (TPSA) is 46.5 Å². The van der Waals surface area contributed by atoms with Crippen molar-refractivity contribution in [2.45, 2.75) is 0 Å². The highest BCUT2D eigenvalue weighted by Gasteiger charge is 2.13. The van der Waals surface area contributed by atoms with Gasteiger partial charge in [0.2, 0.25) is 0 Å². The second-order valence-electron chi connectivity index (χ2n) is 5.25. The van der Waals surface area contributed by atoms with Crippen LogP contribution < -0.4 is 10.2 Å². The highest BCUT2D eigenvalue weighted by molar-refractivity contribution is 9.10. The van der Waals surface area contributed by atoms with Crippen LogP contribution in [0.3, 0.4) is 0 Å². The Hall–Kier alpha value is -1.79. The number of halogens is 1. The summed E-state index contributed by atoms with van der Waals surface area (Å²) in [5.41, 5.74) is 2.56. The van der Waals surface area contributed by atoms with Gasteiger partial charge in [-0.1, -0.05) is 0 Å². The fourth-order valence-corrected chi connectivity index (χ4v) is 3.05. The average Bonchev–Trinajstić information content (AvgIpc) is 2.88. The molecule has 0 atom stereocenters. The number of benzene rings is 1. The molecule has 116 valence electrons. The van der Waals surface area contributed by atoms with Gasteiger partial charge in [-0.15, -0.1) is 0 Å². The van der Waals surface area contributed by atoms with Crippen LogP contribution in [-0.2, 0) is 11.8 Å². The highest BCUT2D eigenvalue weighted by Crippen LogP contribution is 2.20. The lowest BCUT2D eigenvalue weighted by molar-refractivity contribution is 0.101. The van der Waals surface area contributed by atoms with E-state index >= 15 is 0 Å². The summed E-state index contributed by atoms with van der Waals surface area (Å²) in [6.07, 6.45) is 1.86. The molecular formula is C16H18BrN3O2. The van der Waals surface area contributed by atoms with Gasteiger partial charge in [-0.25, -0.2) is 0 Å². The number of anilines is 2. The third-order valence-corrected chi connectivity index (χ3v) is 4.14. The Morgan fingerprint density at radius 3 is 2.50 bits per heavy atom. The quantitative estimate of drug-likeness (QED) is 0.911. The molecule has 0 unspecified atom stereocenters. The van der Waals surface area contributed by atoms with Gasteiger partial charge in [-0.2, -0.15) is 0 Å². The third kappa shape index (κ3) is 3.34. The number of hydrogen-bond donors (Lipinski definition) is 1. The minimum Gasteiger partial charge on any atom is -0.378 e. The van der Waals surface area contributed by atoms with Gasteiger partial charge in [0.1, 0.15) is 5.69 Å². The zero-order valence-corrected chi connectivity index (χ0v) is 14.0. The maximum Gasteiger partial charge on any atom is 0.272 e. The van der Waals surface area contributed by atoms with Gasteiger partial charge in [-0.05, 0) is 46.3 Å². The van der Waals surface area contributed by atoms with Crippen LogP contribution in [0, 0.1) is 0 Å². The Morgan fingerprint density at radius 1 is 1.23 bits per heavy atom. The van der Waals surface area contributed by atoms with Gasteiger partial charge in [0, 0.05) is 42.2 Å². The van der Waals surface area contributed by atoms with Crippen LogP contribution in [0.15, 0.2) is 41.0 Å². The molecule has 1 aliphatic rings. The van der Waals surface area contributed by atoms with Gasteiger partial charge in [0.05, 0.1) is 13.2 Å². The molecule has 0 radical (unpaired) electrons. The summed E-state index contributed by atoms with van der Waals surface area (Å²) in [5, 5.41) is 2.92. The van der Waals surface area contributed by atoms with Crippen molar-refractivity contribution in [2.75, 3.05) is 36.5 Å². The van der Waals surface area contributed by atoms with Gasteiger partial charge in [0.15, 0.2) is 0 Å². The standard InChI is InChI=1S/C16H18BrN3O2/c1-19-11-12(17)10-15(19)16(21)18-13-2-4-14(5-3-13)20-6-8-22-9-7-20/h2-5,10-11H,6-9H2,1H3,(H,18,21). The molecule has 0 spiro atoms. The van der Waals surface area contributed by atoms with E-state index < -0.39 is 0 Å². The van der Waals surface area contributed by atoms with E-state index in [-0.39, 0.29) is 5.91 Å². The molecule has 1 amide bonds. The Bertz CT molecular complexity index is 661. The average molecular weight is 364 g/mol. The van der Waals surface area contributed by atoms with Crippen molar-refractivity contribution in [1.82, 2.24) is 4.57 Å². The fourth-order valence-electron chi connectivity index (χ4n) is 2.52. The molecule has 1 saturated heterocycles. The molecule has 1 N–H and O–H groups in total. The predicted octanol–water partition coefficient (Wildman–Crippen LogP) is 2.88. The summed E-state index contributed by atoms with van der Waals surface area (Å²) in [4.78, 5) is 14.5. The minimum atomic E-state index is -0.118. The van der Waals surface area contributed by atoms with Crippen molar-refractivity contribution >= 4 is 33.2 Å². The largest absolute Gasteiger partial charge is 0.378 e. The first-order chi connectivity index (χ1) is 10.6. The number of morpholine rings is 1. The van der Waals surface area contributed by atoms with E-state index in [1.807, 2.05) is 37.5 Å². The molecule has 1 aliphatic heterocycles. The molecule has 2 heterocycles. The summed E-state index contributed by atoms with van der Waals surface area (Å²) in [6, 6.07) is 9.72. The van der Waals surface area contributed by atoms with Crippen LogP contribution in [0.25, 0.3) is 0 Å². The second kappa shape index (κ2) is 6.54. The number of ether oxygens (including phenoxy) is 1. The third-order valence-electron chi connectivity index (χ3n) is 3.71. The first-order valence-corrected chi connectivity index (χ1v) is 7.99. The number of carbonyl (C=O) groups is 1. The summed E-state index contributed by atoms with van der Waals surface area (Å²) < 4.78 is 8.04. The van der Waals surface area contributed by atoms with E-state index in [1.165, 1.54) is 0 Å². The van der Waals surface area contributed by atoms with Crippen LogP contribution >= 0.6 is 15.9 Å². The van der Waals surface area contributed by atoms with E-state index in [2.05, 4.69) is 26.1 Å². The number of aromatic nitrogens is 1. The number of hydrogen-bond acceptors (Lipinski definition) is 3. The number of nitrogens with one attached hydrogen (secondary N) is 1. The maximum absolute atomic E-state index is 12.3. The Morgan fingerprint density at radius 2 is 1.91 bits per heavy atom. The van der Waals surface area contributed by atoms with Gasteiger partial charge in [-0.3, -0.25) is 4.79 Å². The van der Waals surface area contributed by atoms with Gasteiger partial charge >= 0.3 is 0 Å². The lowest BCUT2D eigenvalue weighted by atomic mass is 10.2. The Labute approximate surface area is 138 Å². The first-order valence-electron chi connectivity index (χ1n) is 7.19. The monoisotopic (exact) mass is 363 g/mol. The molecule has 1 aromatic carbocycles. The first kappa shape index (κ1) is 15.1. The van der Waals surface area contributed by atoms with E-state index in [9.17, 15) is 4.79 Å². The Kier molecular flexibility index (Phi) is 4.49. The van der Waals surface area contributed by atoms with Gasteiger partial charge in [0.25, 0.3) is 5.91 Å². The summed E-state index contributed by atoms with van der Waals surface area (Å²) >= 11 is 3.37. The fraction of sp³-hybridized carbons (Fsp3) is 0.312. The molecule has 5 nitrogen and oxygen atoms in total. The lowest BCUT2D eigenvalue weighted by Gasteiger charge is -2.28. The molecule has 1 fully saturated rings. The van der Waals surface area contributed by atoms with E-state index in [0.717, 1.165) is 42.2 Å². The Balaban J connectivity index is 1.68. The van der Waals surface area contributed by atoms with Gasteiger partial charge < -0.3 is 19.5 Å². The summed E-state index contributed by atoms with van der Waals surface area (Å²) in [6.45, 7) is 3.34. The van der Waals surface area contributed by atoms with Crippen molar-refractivity contribution in [3.05, 3.63) is 46.7 Å². The zero-order chi connectivity index (χ0) is 15.5. The highest BCUT2D eigenvalue weighted by atomic mass is 79.9. The zero-order valence-electron chi connectivity index (χ0n) is 12.4. The number of nitrogens with zero attached hydrogens (tertiary/aromatic N) is 2. The SMILES string of the molecule is Cn1cc(Br)cc1C(=O)Nc1ccc(N2CCOCC2)cc1. The lowest BCUT2D eigenvalue weighted by Crippen LogP contribution is -2.36. The number of amides is 1. The van der Waals surface area contributed by atoms with Crippen molar-refractivity contribution in [3.63, 3.8) is 0 Å². The van der Waals surface area contributed by atoms with Crippen LogP contribution in [-0.4, -0.2) is 36.8 Å². The molecule has 2 aromatic rings. The van der Waals surface area contributed by atoms with Crippen molar-refractivity contribution in [1.29, 1.82) is 0 Å². The maximum atomic E-state index is 12.3. The van der Waals surface area contributed by atoms with Crippen LogP contribution in [0.5, 0.6) is 0 Å². The molecule has 1 aromatic heterocycles. The number of rotatable bonds is 3. The van der Waals surface area contributed by atoms with Crippen molar-refractivity contribution in [2.24, 2.45) is 7.05 Å². The van der Waals surface area contributed by atoms with Crippen molar-refractivity contribution < 1.29 is 9.53 Å². The van der Waals surface area contributed by atoms with E-state index in [0.29, 0.717) is 5.69 Å². The second-order valence-corrected chi connectivity index (χ2v) is 6.17. The minimum absolute atomic E-state index is 0.118. The molecule has 6 heteroatoms. The number of aryl methyl sites for hydroxylation is 1. The summed E-state index contributed by atoms with van der Waals surface area (Å²) in [5.74, 6) is -0.118. The summed E-state index contributed by atoms with van der Waals surface area (Å²) in [7, 11) is 1.85. The van der Waals surface area contributed by atoms with Crippen LogP contribution in [0.2, 0.25) is 0 Å². The molecule has 3 rings (SSSR count).